The second-order valence-corrected chi connectivity index (χ2v) is 8.38. The Morgan fingerprint density at radius 3 is 2.29 bits per heavy atom. The second-order valence-electron chi connectivity index (χ2n) is 7.40. The number of carbonyl (C=O) groups is 4. The molecule has 1 aromatic heterocycles. The van der Waals surface area contributed by atoms with Gasteiger partial charge in [-0.15, -0.1) is 0 Å². The van der Waals surface area contributed by atoms with Gasteiger partial charge in [-0.1, -0.05) is 11.3 Å². The Bertz CT molecular complexity index is 1140. The van der Waals surface area contributed by atoms with E-state index in [0.29, 0.717) is 10.3 Å². The average molecular weight is 497 g/mol. The monoisotopic (exact) mass is 497 g/mol. The highest BCUT2D eigenvalue weighted by Crippen LogP contribution is 2.30. The molecule has 2 heterocycles. The van der Waals surface area contributed by atoms with Crippen molar-refractivity contribution in [3.8, 4) is 5.75 Å². The zero-order chi connectivity index (χ0) is 25.0. The summed E-state index contributed by atoms with van der Waals surface area (Å²) in [4.78, 5) is 58.0. The van der Waals surface area contributed by atoms with Gasteiger partial charge in [0.05, 0.1) is 4.70 Å². The Kier molecular flexibility index (Phi) is 7.89. The normalized spacial score (nSPS) is 24.2. The topological polar surface area (TPSA) is 157 Å². The molecule has 1 aliphatic heterocycles. The van der Waals surface area contributed by atoms with Crippen LogP contribution < -0.4 is 15.0 Å². The van der Waals surface area contributed by atoms with Crippen LogP contribution in [0.3, 0.4) is 0 Å². The van der Waals surface area contributed by atoms with E-state index in [4.69, 9.17) is 28.1 Å². The predicted molar refractivity (Wildman–Crippen MR) is 115 cm³/mol. The lowest BCUT2D eigenvalue weighted by atomic mass is 9.96. The predicted octanol–water partition coefficient (Wildman–Crippen LogP) is 0.889. The third-order valence-corrected chi connectivity index (χ3v) is 5.41. The Morgan fingerprint density at radius 1 is 1.00 bits per heavy atom. The number of esters is 3. The van der Waals surface area contributed by atoms with Crippen molar-refractivity contribution in [1.29, 1.82) is 0 Å². The van der Waals surface area contributed by atoms with Gasteiger partial charge in [0.15, 0.2) is 12.2 Å². The number of hydrogen-bond acceptors (Lipinski definition) is 12. The van der Waals surface area contributed by atoms with Gasteiger partial charge < -0.3 is 33.4 Å². The Morgan fingerprint density at radius 2 is 1.68 bits per heavy atom. The third kappa shape index (κ3) is 6.32. The lowest BCUT2D eigenvalue weighted by Gasteiger charge is -2.44. The van der Waals surface area contributed by atoms with Crippen molar-refractivity contribution in [3.63, 3.8) is 0 Å². The molecule has 1 aromatic carbocycles. The summed E-state index contributed by atoms with van der Waals surface area (Å²) in [5.41, 5.74) is 0.366. The van der Waals surface area contributed by atoms with Crippen LogP contribution in [0.2, 0.25) is 0 Å². The fourth-order valence-electron chi connectivity index (χ4n) is 3.45. The molecular formula is C21H23NO11S. The third-order valence-electron chi connectivity index (χ3n) is 4.63. The molecule has 0 aliphatic carbocycles. The molecule has 0 unspecified atom stereocenters. The summed E-state index contributed by atoms with van der Waals surface area (Å²) < 4.78 is 33.2. The van der Waals surface area contributed by atoms with Gasteiger partial charge in [0.2, 0.25) is 12.2 Å². The van der Waals surface area contributed by atoms with Gasteiger partial charge in [0.1, 0.15) is 30.1 Å². The number of ether oxygens (including phenoxy) is 5. The average Bonchev–Trinajstić information content (AvgIpc) is 3.09. The molecule has 0 radical (unpaired) electrons. The minimum absolute atomic E-state index is 0.253. The van der Waals surface area contributed by atoms with Crippen LogP contribution in [0.15, 0.2) is 27.4 Å². The number of nitrogens with one attached hydrogen (secondary N) is 1. The van der Waals surface area contributed by atoms with Crippen LogP contribution in [0.1, 0.15) is 27.7 Å². The summed E-state index contributed by atoms with van der Waals surface area (Å²) in [5.74, 6) is -2.28. The van der Waals surface area contributed by atoms with Crippen LogP contribution in [-0.2, 0) is 38.1 Å². The molecular weight excluding hydrogens is 474 g/mol. The van der Waals surface area contributed by atoms with Gasteiger partial charge in [0.25, 0.3) is 0 Å². The standard InChI is InChI=1S/C21H23NO11S/c1-9(23)22-17-19(30-12(4)26)18(29-11(3)25)15(8-28-10(2)24)32-20(17)31-13-5-6-14-16(7-13)34-21(27)33-14/h5-7,15,17-20H,8H2,1-4H3,(H,22,23)/t15-,17+,18-,19+,20-/m1/s1. The van der Waals surface area contributed by atoms with Gasteiger partial charge in [0, 0.05) is 33.8 Å². The number of fused-ring (bicyclic) bond motifs is 1. The van der Waals surface area contributed by atoms with E-state index < -0.39 is 59.4 Å². The molecule has 1 aliphatic rings. The zero-order valence-electron chi connectivity index (χ0n) is 18.7. The molecule has 2 aromatic rings. The van der Waals surface area contributed by atoms with Gasteiger partial charge >= 0.3 is 22.8 Å². The molecule has 1 amide bonds. The molecule has 0 bridgehead atoms. The van der Waals surface area contributed by atoms with Crippen LogP contribution in [0.4, 0.5) is 0 Å². The molecule has 5 atom stereocenters. The van der Waals surface area contributed by atoms with Gasteiger partial charge in [-0.3, -0.25) is 19.2 Å². The van der Waals surface area contributed by atoms with Crippen molar-refractivity contribution in [2.45, 2.75) is 58.3 Å². The van der Waals surface area contributed by atoms with Gasteiger partial charge in [-0.05, 0) is 12.1 Å². The fourth-order valence-corrected chi connectivity index (χ4v) is 4.15. The van der Waals surface area contributed by atoms with Crippen LogP contribution in [0.25, 0.3) is 10.3 Å². The fraction of sp³-hybridized carbons (Fsp3) is 0.476. The van der Waals surface area contributed by atoms with Crippen LogP contribution in [-0.4, -0.2) is 61.1 Å². The lowest BCUT2D eigenvalue weighted by molar-refractivity contribution is -0.257. The Hall–Kier alpha value is -3.45. The highest BCUT2D eigenvalue weighted by atomic mass is 32.1. The largest absolute Gasteiger partial charge is 0.463 e. The van der Waals surface area contributed by atoms with Gasteiger partial charge in [-0.25, -0.2) is 4.79 Å². The van der Waals surface area contributed by atoms with E-state index in [1.165, 1.54) is 26.0 Å². The van der Waals surface area contributed by atoms with E-state index in [1.807, 2.05) is 0 Å². The van der Waals surface area contributed by atoms with E-state index >= 15 is 0 Å². The van der Waals surface area contributed by atoms with E-state index in [1.54, 1.807) is 6.07 Å². The number of carbonyl (C=O) groups excluding carboxylic acids is 4. The number of rotatable bonds is 7. The molecule has 1 N–H and O–H groups in total. The summed E-state index contributed by atoms with van der Waals surface area (Å²) in [6.07, 6.45) is -4.82. The maximum Gasteiger partial charge on any atom is 0.396 e. The SMILES string of the molecule is CC(=O)N[C@@H]1[C@H](Oc2ccc3oc(=O)sc3c2)O[C@H](COC(C)=O)[C@@H](OC(C)=O)[C@H]1OC(C)=O. The lowest BCUT2D eigenvalue weighted by Crippen LogP contribution is -2.67. The minimum atomic E-state index is -1.26. The highest BCUT2D eigenvalue weighted by molar-refractivity contribution is 7.16. The van der Waals surface area contributed by atoms with Gasteiger partial charge in [-0.2, -0.15) is 0 Å². The maximum absolute atomic E-state index is 12.0. The summed E-state index contributed by atoms with van der Waals surface area (Å²) in [7, 11) is 0. The number of hydrogen-bond donors (Lipinski definition) is 1. The quantitative estimate of drug-likeness (QED) is 0.428. The molecule has 1 saturated heterocycles. The Labute approximate surface area is 197 Å². The summed E-state index contributed by atoms with van der Waals surface area (Å²) in [6, 6.07) is 3.48. The smallest absolute Gasteiger partial charge is 0.396 e. The highest BCUT2D eigenvalue weighted by Gasteiger charge is 2.52. The van der Waals surface area contributed by atoms with Crippen molar-refractivity contribution >= 4 is 45.4 Å². The van der Waals surface area contributed by atoms with E-state index in [-0.39, 0.29) is 12.4 Å². The molecule has 13 heteroatoms. The molecule has 12 nitrogen and oxygen atoms in total. The summed E-state index contributed by atoms with van der Waals surface area (Å²) >= 11 is 0.871. The molecule has 0 spiro atoms. The Balaban J connectivity index is 1.99. The van der Waals surface area contributed by atoms with E-state index in [2.05, 4.69) is 5.32 Å². The first kappa shape index (κ1) is 25.2. The molecule has 34 heavy (non-hydrogen) atoms. The van der Waals surface area contributed by atoms with Crippen molar-refractivity contribution in [1.82, 2.24) is 5.32 Å². The number of benzene rings is 1. The van der Waals surface area contributed by atoms with Crippen molar-refractivity contribution in [3.05, 3.63) is 27.9 Å². The molecule has 0 saturated carbocycles. The van der Waals surface area contributed by atoms with E-state index in [0.717, 1.165) is 25.2 Å². The summed E-state index contributed by atoms with van der Waals surface area (Å²) in [5, 5.41) is 2.61. The summed E-state index contributed by atoms with van der Waals surface area (Å²) in [6.45, 7) is 4.38. The first-order chi connectivity index (χ1) is 16.0. The maximum atomic E-state index is 12.0. The zero-order valence-corrected chi connectivity index (χ0v) is 19.5. The molecule has 3 rings (SSSR count). The second kappa shape index (κ2) is 10.7. The first-order valence-corrected chi connectivity index (χ1v) is 11.0. The first-order valence-electron chi connectivity index (χ1n) is 10.1. The molecule has 1 fully saturated rings. The number of amides is 1. The van der Waals surface area contributed by atoms with Crippen molar-refractivity contribution < 1.29 is 47.3 Å². The van der Waals surface area contributed by atoms with Crippen molar-refractivity contribution in [2.75, 3.05) is 6.61 Å². The molecule has 184 valence electrons. The minimum Gasteiger partial charge on any atom is -0.463 e. The van der Waals surface area contributed by atoms with Crippen LogP contribution in [0.5, 0.6) is 5.75 Å². The van der Waals surface area contributed by atoms with Crippen molar-refractivity contribution in [2.24, 2.45) is 0 Å². The van der Waals surface area contributed by atoms with Crippen LogP contribution in [0, 0.1) is 0 Å². The van der Waals surface area contributed by atoms with E-state index in [9.17, 15) is 24.0 Å². The van der Waals surface area contributed by atoms with Crippen LogP contribution >= 0.6 is 11.3 Å².